The van der Waals surface area contributed by atoms with Gasteiger partial charge >= 0.3 is 0 Å². The highest BCUT2D eigenvalue weighted by atomic mass is 32.1. The summed E-state index contributed by atoms with van der Waals surface area (Å²) in [6, 6.07) is 5.69. The Morgan fingerprint density at radius 3 is 2.67 bits per heavy atom. The molecule has 0 spiro atoms. The van der Waals surface area contributed by atoms with Gasteiger partial charge in [0.05, 0.1) is 20.0 Å². The third-order valence-corrected chi connectivity index (χ3v) is 5.29. The maximum absolute atomic E-state index is 5.91. The summed E-state index contributed by atoms with van der Waals surface area (Å²) in [6.07, 6.45) is 10.9. The first-order valence-electron chi connectivity index (χ1n) is 10.9. The van der Waals surface area contributed by atoms with Gasteiger partial charge < -0.3 is 30.4 Å². The molecule has 0 unspecified atom stereocenters. The molecule has 10 heteroatoms. The number of benzene rings is 1. The summed E-state index contributed by atoms with van der Waals surface area (Å²) >= 11 is 5.40. The number of anilines is 2. The number of aryl methyl sites for hydroxylation is 3. The van der Waals surface area contributed by atoms with Crippen LogP contribution in [0.4, 0.5) is 11.6 Å². The largest absolute Gasteiger partial charge is 0.493 e. The number of ether oxygens (including phenoxy) is 2. The van der Waals surface area contributed by atoms with E-state index in [-0.39, 0.29) is 0 Å². The highest BCUT2D eigenvalue weighted by Gasteiger charge is 2.07. The molecule has 9 nitrogen and oxygen atoms in total. The summed E-state index contributed by atoms with van der Waals surface area (Å²) in [5.41, 5.74) is 8.57. The molecule has 3 aromatic rings. The van der Waals surface area contributed by atoms with Gasteiger partial charge in [0.2, 0.25) is 5.95 Å². The number of thiocarbonyl (C=S) groups is 1. The molecule has 0 aliphatic rings. The molecule has 4 N–H and O–H groups in total. The van der Waals surface area contributed by atoms with Crippen molar-refractivity contribution in [3.05, 3.63) is 54.4 Å². The number of unbranched alkanes of at least 4 members (excludes halogenated alkanes) is 1. The minimum absolute atomic E-state index is 0.296. The van der Waals surface area contributed by atoms with Crippen LogP contribution >= 0.6 is 12.2 Å². The Balaban J connectivity index is 1.37. The SMILES string of the molecule is COc1cc(NC(=S)NCCCn2cncc2C)ccc1OCCCCc1cnc(N)nc1. The van der Waals surface area contributed by atoms with Crippen LogP contribution in [0.2, 0.25) is 0 Å². The van der Waals surface area contributed by atoms with Crippen LogP contribution in [-0.2, 0) is 13.0 Å². The van der Waals surface area contributed by atoms with E-state index in [2.05, 4.69) is 30.2 Å². The lowest BCUT2D eigenvalue weighted by atomic mass is 10.1. The van der Waals surface area contributed by atoms with Crippen molar-refractivity contribution in [2.24, 2.45) is 0 Å². The Bertz CT molecular complexity index is 1020. The Hall–Kier alpha value is -3.40. The van der Waals surface area contributed by atoms with E-state index in [0.717, 1.165) is 55.7 Å². The minimum Gasteiger partial charge on any atom is -0.493 e. The van der Waals surface area contributed by atoms with Crippen molar-refractivity contribution in [3.8, 4) is 11.5 Å². The molecule has 176 valence electrons. The zero-order chi connectivity index (χ0) is 23.5. The fourth-order valence-corrected chi connectivity index (χ4v) is 3.44. The molecule has 0 saturated heterocycles. The zero-order valence-electron chi connectivity index (χ0n) is 19.1. The van der Waals surface area contributed by atoms with Crippen LogP contribution in [0.3, 0.4) is 0 Å². The molecule has 1 aromatic carbocycles. The van der Waals surface area contributed by atoms with Gasteiger partial charge in [0, 0.05) is 49.1 Å². The molecule has 2 heterocycles. The predicted molar refractivity (Wildman–Crippen MR) is 134 cm³/mol. The Morgan fingerprint density at radius 1 is 1.12 bits per heavy atom. The van der Waals surface area contributed by atoms with Gasteiger partial charge in [0.15, 0.2) is 16.6 Å². The fourth-order valence-electron chi connectivity index (χ4n) is 3.22. The molecule has 0 aliphatic carbocycles. The molecule has 0 atom stereocenters. The number of aromatic nitrogens is 4. The van der Waals surface area contributed by atoms with Crippen molar-refractivity contribution < 1.29 is 9.47 Å². The minimum atomic E-state index is 0.296. The van der Waals surface area contributed by atoms with Gasteiger partial charge in [0.25, 0.3) is 0 Å². The van der Waals surface area contributed by atoms with Gasteiger partial charge in [-0.25, -0.2) is 15.0 Å². The third kappa shape index (κ3) is 7.90. The van der Waals surface area contributed by atoms with Crippen LogP contribution < -0.4 is 25.8 Å². The van der Waals surface area contributed by atoms with Crippen molar-refractivity contribution in [2.75, 3.05) is 31.3 Å². The summed E-state index contributed by atoms with van der Waals surface area (Å²) in [5, 5.41) is 6.99. The molecule has 0 fully saturated rings. The Labute approximate surface area is 199 Å². The summed E-state index contributed by atoms with van der Waals surface area (Å²) in [6.45, 7) is 4.30. The van der Waals surface area contributed by atoms with E-state index in [0.29, 0.717) is 29.2 Å². The van der Waals surface area contributed by atoms with Crippen LogP contribution in [0.5, 0.6) is 11.5 Å². The number of hydrogen-bond donors (Lipinski definition) is 3. The van der Waals surface area contributed by atoms with E-state index in [1.165, 1.54) is 0 Å². The second-order valence-electron chi connectivity index (χ2n) is 7.58. The maximum Gasteiger partial charge on any atom is 0.219 e. The van der Waals surface area contributed by atoms with Gasteiger partial charge in [-0.15, -0.1) is 0 Å². The van der Waals surface area contributed by atoms with E-state index in [1.54, 1.807) is 19.5 Å². The van der Waals surface area contributed by atoms with Gasteiger partial charge in [0.1, 0.15) is 0 Å². The number of methoxy groups -OCH3 is 1. The van der Waals surface area contributed by atoms with Crippen LogP contribution in [0.1, 0.15) is 30.5 Å². The Kier molecular flexibility index (Phi) is 9.25. The quantitative estimate of drug-likeness (QED) is 0.271. The highest BCUT2D eigenvalue weighted by molar-refractivity contribution is 7.80. The number of nitrogen functional groups attached to an aromatic ring is 1. The summed E-state index contributed by atoms with van der Waals surface area (Å²) < 4.78 is 13.5. The first-order valence-corrected chi connectivity index (χ1v) is 11.3. The number of imidazole rings is 1. The highest BCUT2D eigenvalue weighted by Crippen LogP contribution is 2.30. The van der Waals surface area contributed by atoms with Crippen LogP contribution in [0.25, 0.3) is 0 Å². The molecule has 0 radical (unpaired) electrons. The summed E-state index contributed by atoms with van der Waals surface area (Å²) in [7, 11) is 1.63. The Morgan fingerprint density at radius 2 is 1.94 bits per heavy atom. The smallest absolute Gasteiger partial charge is 0.219 e. The number of nitrogens with two attached hydrogens (primary N) is 1. The molecule has 2 aromatic heterocycles. The first-order chi connectivity index (χ1) is 16.0. The summed E-state index contributed by atoms with van der Waals surface area (Å²) in [4.78, 5) is 12.1. The lowest BCUT2D eigenvalue weighted by Gasteiger charge is -2.14. The monoisotopic (exact) mass is 469 g/mol. The standard InChI is InChI=1S/C23H31N7O2S/c1-17-13-25-16-30(17)10-5-9-26-23(33)29-19-7-8-20(21(12-19)31-2)32-11-4-3-6-18-14-27-22(24)28-15-18/h7-8,12-16H,3-6,9-11H2,1-2H3,(H2,24,27,28)(H2,26,29,33). The van der Waals surface area contributed by atoms with E-state index >= 15 is 0 Å². The number of hydrogen-bond acceptors (Lipinski definition) is 7. The lowest BCUT2D eigenvalue weighted by molar-refractivity contribution is 0.286. The number of nitrogens with zero attached hydrogens (tertiary/aromatic N) is 4. The number of rotatable bonds is 12. The van der Waals surface area contributed by atoms with Crippen molar-refractivity contribution in [2.45, 2.75) is 39.2 Å². The summed E-state index contributed by atoms with van der Waals surface area (Å²) in [5.74, 6) is 1.66. The van der Waals surface area contributed by atoms with E-state index < -0.39 is 0 Å². The normalized spacial score (nSPS) is 10.6. The average Bonchev–Trinajstić information content (AvgIpc) is 3.23. The third-order valence-electron chi connectivity index (χ3n) is 5.05. The van der Waals surface area contributed by atoms with Gasteiger partial charge in [-0.3, -0.25) is 0 Å². The molecule has 0 saturated carbocycles. The van der Waals surface area contributed by atoms with Crippen LogP contribution in [0.15, 0.2) is 43.1 Å². The fraction of sp³-hybridized carbons (Fsp3) is 0.391. The van der Waals surface area contributed by atoms with Gasteiger partial charge in [-0.2, -0.15) is 0 Å². The molecular weight excluding hydrogens is 438 g/mol. The second-order valence-corrected chi connectivity index (χ2v) is 7.99. The molecule has 0 aliphatic heterocycles. The maximum atomic E-state index is 5.91. The van der Waals surface area contributed by atoms with Crippen LogP contribution in [0, 0.1) is 6.92 Å². The van der Waals surface area contributed by atoms with Gasteiger partial charge in [-0.05, 0) is 62.5 Å². The topological polar surface area (TPSA) is 112 Å². The lowest BCUT2D eigenvalue weighted by Crippen LogP contribution is -2.29. The second kappa shape index (κ2) is 12.6. The molecule has 33 heavy (non-hydrogen) atoms. The average molecular weight is 470 g/mol. The van der Waals surface area contributed by atoms with Crippen LogP contribution in [-0.4, -0.2) is 44.9 Å². The van der Waals surface area contributed by atoms with Crippen molar-refractivity contribution in [1.82, 2.24) is 24.8 Å². The molecular formula is C23H31N7O2S. The van der Waals surface area contributed by atoms with E-state index in [4.69, 9.17) is 27.4 Å². The molecule has 0 amide bonds. The molecule has 0 bridgehead atoms. The van der Waals surface area contributed by atoms with E-state index in [9.17, 15) is 0 Å². The first kappa shape index (κ1) is 24.2. The van der Waals surface area contributed by atoms with Crippen molar-refractivity contribution in [3.63, 3.8) is 0 Å². The van der Waals surface area contributed by atoms with Crippen molar-refractivity contribution in [1.29, 1.82) is 0 Å². The molecule has 3 rings (SSSR count). The zero-order valence-corrected chi connectivity index (χ0v) is 19.9. The van der Waals surface area contributed by atoms with E-state index in [1.807, 2.05) is 37.6 Å². The van der Waals surface area contributed by atoms with Gasteiger partial charge in [-0.1, -0.05) is 0 Å². The van der Waals surface area contributed by atoms with Crippen molar-refractivity contribution >= 4 is 29.0 Å². The predicted octanol–water partition coefficient (Wildman–Crippen LogP) is 3.35. The number of nitrogens with one attached hydrogen (secondary N) is 2.